The minimum atomic E-state index is -1.42. The van der Waals surface area contributed by atoms with E-state index in [0.717, 1.165) is 28.6 Å². The lowest BCUT2D eigenvalue weighted by atomic mass is 9.90. The number of aliphatic carboxylic acids is 1. The van der Waals surface area contributed by atoms with Crippen molar-refractivity contribution >= 4 is 33.4 Å². The van der Waals surface area contributed by atoms with Gasteiger partial charge in [0.05, 0.1) is 21.8 Å². The summed E-state index contributed by atoms with van der Waals surface area (Å²) in [6.45, 7) is 5.13. The van der Waals surface area contributed by atoms with Crippen molar-refractivity contribution in [1.29, 1.82) is 0 Å². The summed E-state index contributed by atoms with van der Waals surface area (Å²) in [5, 5.41) is 9.31. The van der Waals surface area contributed by atoms with Crippen molar-refractivity contribution in [1.82, 2.24) is 9.88 Å². The van der Waals surface area contributed by atoms with Gasteiger partial charge >= 0.3 is 11.9 Å². The van der Waals surface area contributed by atoms with Gasteiger partial charge in [0.25, 0.3) is 0 Å². The minimum Gasteiger partial charge on any atom is -0.474 e. The van der Waals surface area contributed by atoms with Crippen molar-refractivity contribution in [3.05, 3.63) is 29.3 Å². The van der Waals surface area contributed by atoms with Crippen molar-refractivity contribution in [3.63, 3.8) is 0 Å². The molecule has 1 amide bonds. The summed E-state index contributed by atoms with van der Waals surface area (Å²) in [5.74, 6) is -2.03. The van der Waals surface area contributed by atoms with Gasteiger partial charge in [0, 0.05) is 19.3 Å². The number of aromatic nitrogens is 1. The van der Waals surface area contributed by atoms with E-state index in [4.69, 9.17) is 4.74 Å². The lowest BCUT2D eigenvalue weighted by molar-refractivity contribution is -0.159. The summed E-state index contributed by atoms with van der Waals surface area (Å²) in [4.78, 5) is 29.7. The molecule has 2 heterocycles. The van der Waals surface area contributed by atoms with Crippen molar-refractivity contribution in [2.45, 2.75) is 38.8 Å². The van der Waals surface area contributed by atoms with Gasteiger partial charge in [-0.25, -0.2) is 9.78 Å². The molecule has 0 bridgehead atoms. The summed E-state index contributed by atoms with van der Waals surface area (Å²) in [5.41, 5.74) is 3.55. The van der Waals surface area contributed by atoms with E-state index in [1.54, 1.807) is 16.8 Å². The second-order valence-corrected chi connectivity index (χ2v) is 7.35. The normalized spacial score (nSPS) is 18.0. The third-order valence-electron chi connectivity index (χ3n) is 5.06. The fourth-order valence-electron chi connectivity index (χ4n) is 3.54. The lowest BCUT2D eigenvalue weighted by Crippen LogP contribution is -2.48. The number of rotatable bonds is 4. The quantitative estimate of drug-likeness (QED) is 0.846. The summed E-state index contributed by atoms with van der Waals surface area (Å²) in [6.07, 6.45) is 1.67. The van der Waals surface area contributed by atoms with Crippen LogP contribution in [0.1, 0.15) is 38.3 Å². The number of benzene rings is 1. The molecule has 0 saturated carbocycles. The molecular weight excluding hydrogens is 340 g/mol. The van der Waals surface area contributed by atoms with Crippen LogP contribution < -0.4 is 0 Å². The summed E-state index contributed by atoms with van der Waals surface area (Å²) in [6, 6.07) is 5.35. The maximum absolute atomic E-state index is 12.4. The van der Waals surface area contributed by atoms with Crippen LogP contribution in [0.15, 0.2) is 23.7 Å². The number of hydrogen-bond donors (Lipinski definition) is 1. The Hall–Kier alpha value is -1.99. The molecule has 3 rings (SSSR count). The summed E-state index contributed by atoms with van der Waals surface area (Å²) >= 11 is 1.56. The molecule has 7 heteroatoms. The second-order valence-electron chi connectivity index (χ2n) is 6.46. The molecule has 25 heavy (non-hydrogen) atoms. The Balaban J connectivity index is 1.91. The molecule has 1 N–H and O–H groups in total. The average Bonchev–Trinajstić information content (AvgIpc) is 3.09. The number of fused-ring (bicyclic) bond motifs is 1. The topological polar surface area (TPSA) is 79.7 Å². The monoisotopic (exact) mass is 362 g/mol. The Morgan fingerprint density at radius 2 is 2.04 bits per heavy atom. The molecule has 1 aliphatic rings. The SMILES string of the molecule is CC(c1ccc2scnc2c1)N(C(=O)C(=O)O)C(C)C1CCOCC1. The van der Waals surface area contributed by atoms with Gasteiger partial charge in [-0.15, -0.1) is 11.3 Å². The molecule has 134 valence electrons. The molecule has 1 aliphatic heterocycles. The number of hydrogen-bond acceptors (Lipinski definition) is 5. The zero-order chi connectivity index (χ0) is 18.0. The smallest absolute Gasteiger partial charge is 0.394 e. The molecule has 1 aromatic carbocycles. The van der Waals surface area contributed by atoms with Gasteiger partial charge in [0.2, 0.25) is 0 Å². The first-order chi connectivity index (χ1) is 12.0. The molecule has 2 atom stereocenters. The Kier molecular flexibility index (Phi) is 5.34. The van der Waals surface area contributed by atoms with Crippen LogP contribution in [-0.4, -0.2) is 46.1 Å². The third kappa shape index (κ3) is 3.67. The first-order valence-electron chi connectivity index (χ1n) is 8.45. The molecule has 1 fully saturated rings. The van der Waals surface area contributed by atoms with E-state index >= 15 is 0 Å². The standard InChI is InChI=1S/C18H22N2O4S/c1-11(13-5-7-24-8-6-13)20(17(21)18(22)23)12(2)14-3-4-16-15(9-14)19-10-25-16/h3-4,9-13H,5-8H2,1-2H3,(H,22,23). The van der Waals surface area contributed by atoms with E-state index in [2.05, 4.69) is 4.98 Å². The number of carboxylic acid groups (broad SMARTS) is 1. The van der Waals surface area contributed by atoms with E-state index in [1.807, 2.05) is 32.0 Å². The number of carbonyl (C=O) groups is 2. The fraction of sp³-hybridized carbons (Fsp3) is 0.500. The number of nitrogens with zero attached hydrogens (tertiary/aromatic N) is 2. The van der Waals surface area contributed by atoms with Gasteiger partial charge in [-0.3, -0.25) is 4.79 Å². The number of ether oxygens (including phenoxy) is 1. The molecular formula is C18H22N2O4S. The van der Waals surface area contributed by atoms with Crippen LogP contribution in [0.2, 0.25) is 0 Å². The van der Waals surface area contributed by atoms with E-state index in [-0.39, 0.29) is 18.0 Å². The molecule has 2 unspecified atom stereocenters. The van der Waals surface area contributed by atoms with Crippen LogP contribution in [0, 0.1) is 5.92 Å². The van der Waals surface area contributed by atoms with Gasteiger partial charge in [0.15, 0.2) is 0 Å². The van der Waals surface area contributed by atoms with Gasteiger partial charge in [0.1, 0.15) is 0 Å². The Morgan fingerprint density at radius 1 is 1.32 bits per heavy atom. The molecule has 1 aromatic heterocycles. The summed E-state index contributed by atoms with van der Waals surface area (Å²) in [7, 11) is 0. The van der Waals surface area contributed by atoms with Crippen LogP contribution >= 0.6 is 11.3 Å². The average molecular weight is 362 g/mol. The van der Waals surface area contributed by atoms with E-state index in [0.29, 0.717) is 13.2 Å². The molecule has 0 spiro atoms. The van der Waals surface area contributed by atoms with Crippen molar-refractivity contribution in [2.24, 2.45) is 5.92 Å². The number of amides is 1. The van der Waals surface area contributed by atoms with E-state index in [9.17, 15) is 14.7 Å². The molecule has 6 nitrogen and oxygen atoms in total. The number of carbonyl (C=O) groups excluding carboxylic acids is 1. The highest BCUT2D eigenvalue weighted by Gasteiger charge is 2.35. The predicted molar refractivity (Wildman–Crippen MR) is 95.5 cm³/mol. The largest absolute Gasteiger partial charge is 0.474 e. The second kappa shape index (κ2) is 7.49. The Labute approximate surface area is 150 Å². The first kappa shape index (κ1) is 17.8. The number of carboxylic acids is 1. The highest BCUT2D eigenvalue weighted by atomic mass is 32.1. The molecule has 0 aliphatic carbocycles. The number of thiazole rings is 1. The third-order valence-corrected chi connectivity index (χ3v) is 5.87. The van der Waals surface area contributed by atoms with E-state index in [1.165, 1.54) is 4.90 Å². The van der Waals surface area contributed by atoms with Crippen molar-refractivity contribution < 1.29 is 19.4 Å². The Bertz CT molecular complexity index is 769. The van der Waals surface area contributed by atoms with E-state index < -0.39 is 11.9 Å². The van der Waals surface area contributed by atoms with Crippen LogP contribution in [0.25, 0.3) is 10.2 Å². The van der Waals surface area contributed by atoms with Gasteiger partial charge in [-0.2, -0.15) is 0 Å². The minimum absolute atomic E-state index is 0.173. The van der Waals surface area contributed by atoms with Crippen LogP contribution in [0.5, 0.6) is 0 Å². The fourth-order valence-corrected chi connectivity index (χ4v) is 4.20. The van der Waals surface area contributed by atoms with Crippen LogP contribution in [0.3, 0.4) is 0 Å². The highest BCUT2D eigenvalue weighted by Crippen LogP contribution is 2.31. The maximum Gasteiger partial charge on any atom is 0.394 e. The van der Waals surface area contributed by atoms with Gasteiger partial charge < -0.3 is 14.7 Å². The summed E-state index contributed by atoms with van der Waals surface area (Å²) < 4.78 is 6.47. The zero-order valence-electron chi connectivity index (χ0n) is 14.3. The maximum atomic E-state index is 12.4. The van der Waals surface area contributed by atoms with Crippen molar-refractivity contribution in [2.75, 3.05) is 13.2 Å². The molecule has 2 aromatic rings. The Morgan fingerprint density at radius 3 is 2.72 bits per heavy atom. The first-order valence-corrected chi connectivity index (χ1v) is 9.33. The predicted octanol–water partition coefficient (Wildman–Crippen LogP) is 3.09. The lowest BCUT2D eigenvalue weighted by Gasteiger charge is -2.39. The van der Waals surface area contributed by atoms with Gasteiger partial charge in [-0.1, -0.05) is 6.07 Å². The zero-order valence-corrected chi connectivity index (χ0v) is 15.2. The highest BCUT2D eigenvalue weighted by molar-refractivity contribution is 7.16. The van der Waals surface area contributed by atoms with Gasteiger partial charge in [-0.05, 0) is 50.3 Å². The van der Waals surface area contributed by atoms with Crippen LogP contribution in [-0.2, 0) is 14.3 Å². The van der Waals surface area contributed by atoms with Crippen LogP contribution in [0.4, 0.5) is 0 Å². The van der Waals surface area contributed by atoms with Crippen molar-refractivity contribution in [3.8, 4) is 0 Å². The molecule has 0 radical (unpaired) electrons. The molecule has 1 saturated heterocycles.